The van der Waals surface area contributed by atoms with Gasteiger partial charge in [0.15, 0.2) is 0 Å². The van der Waals surface area contributed by atoms with Crippen molar-refractivity contribution in [2.45, 2.75) is 13.5 Å². The smallest absolute Gasteiger partial charge is 0.387 e. The average Bonchev–Trinajstić information content (AvgIpc) is 2.80. The van der Waals surface area contributed by atoms with Gasteiger partial charge < -0.3 is 26.0 Å². The molecule has 0 radical (unpaired) electrons. The van der Waals surface area contributed by atoms with Gasteiger partial charge in [0.2, 0.25) is 0 Å². The third-order valence-electron chi connectivity index (χ3n) is 4.57. The molecule has 0 fully saturated rings. The first-order valence-corrected chi connectivity index (χ1v) is 10.4. The summed E-state index contributed by atoms with van der Waals surface area (Å²) in [6, 6.07) is 17.7. The molecule has 4 aromatic rings. The molecule has 0 spiro atoms. The molecule has 35 heavy (non-hydrogen) atoms. The van der Waals surface area contributed by atoms with Crippen LogP contribution in [0.1, 0.15) is 5.56 Å². The zero-order valence-electron chi connectivity index (χ0n) is 18.5. The molecule has 0 aliphatic heterocycles. The number of pyridine rings is 1. The van der Waals surface area contributed by atoms with Crippen molar-refractivity contribution in [2.24, 2.45) is 0 Å². The van der Waals surface area contributed by atoms with Crippen molar-refractivity contribution in [3.63, 3.8) is 0 Å². The number of carbonyl (C=O) groups excluding carboxylic acids is 1. The van der Waals surface area contributed by atoms with Crippen LogP contribution in [0.5, 0.6) is 5.75 Å². The summed E-state index contributed by atoms with van der Waals surface area (Å²) in [4.78, 5) is 24.9. The standard InChI is InChI=1S/C24H21F2N7O2/c1-15-9-10-27-20(11-15)33-22-13-21(28-14-29-22)30-16-5-7-17(8-6-16)31-24(34)32-18-3-2-4-19(12-18)35-23(25)26/h2-14,23H,1H3,(H2,31,32,34)(H2,27,28,29,30,33). The van der Waals surface area contributed by atoms with Crippen molar-refractivity contribution in [3.05, 3.63) is 84.8 Å². The third kappa shape index (κ3) is 7.09. The number of aromatic nitrogens is 3. The average molecular weight is 477 g/mol. The number of anilines is 6. The van der Waals surface area contributed by atoms with Crippen LogP contribution in [0.4, 0.5) is 48.1 Å². The van der Waals surface area contributed by atoms with Gasteiger partial charge in [0.25, 0.3) is 0 Å². The van der Waals surface area contributed by atoms with Crippen LogP contribution >= 0.6 is 0 Å². The monoisotopic (exact) mass is 477 g/mol. The van der Waals surface area contributed by atoms with E-state index in [1.165, 1.54) is 24.5 Å². The molecule has 11 heteroatoms. The van der Waals surface area contributed by atoms with Gasteiger partial charge in [-0.25, -0.2) is 19.7 Å². The second kappa shape index (κ2) is 10.9. The van der Waals surface area contributed by atoms with E-state index in [0.717, 1.165) is 11.3 Å². The van der Waals surface area contributed by atoms with E-state index >= 15 is 0 Å². The highest BCUT2D eigenvalue weighted by Gasteiger charge is 2.08. The van der Waals surface area contributed by atoms with Crippen molar-refractivity contribution in [2.75, 3.05) is 21.3 Å². The SMILES string of the molecule is Cc1ccnc(Nc2cc(Nc3ccc(NC(=O)Nc4cccc(OC(F)F)c4)cc3)ncn2)c1. The van der Waals surface area contributed by atoms with Gasteiger partial charge >= 0.3 is 12.6 Å². The Morgan fingerprint density at radius 1 is 0.800 bits per heavy atom. The number of benzene rings is 2. The zero-order chi connectivity index (χ0) is 24.6. The van der Waals surface area contributed by atoms with E-state index in [4.69, 9.17) is 0 Å². The minimum absolute atomic E-state index is 0.0496. The van der Waals surface area contributed by atoms with Gasteiger partial charge in [-0.1, -0.05) is 6.07 Å². The van der Waals surface area contributed by atoms with Crippen LogP contribution in [0.15, 0.2) is 79.3 Å². The van der Waals surface area contributed by atoms with Gasteiger partial charge in [-0.3, -0.25) is 0 Å². The summed E-state index contributed by atoms with van der Waals surface area (Å²) in [6.07, 6.45) is 3.15. The molecule has 2 aromatic carbocycles. The molecule has 0 saturated heterocycles. The summed E-state index contributed by atoms with van der Waals surface area (Å²) in [7, 11) is 0. The van der Waals surface area contributed by atoms with E-state index in [9.17, 15) is 13.6 Å². The number of nitrogens with zero attached hydrogens (tertiary/aromatic N) is 3. The summed E-state index contributed by atoms with van der Waals surface area (Å²) >= 11 is 0. The Labute approximate surface area is 199 Å². The van der Waals surface area contributed by atoms with Crippen LogP contribution in [0.2, 0.25) is 0 Å². The number of hydrogen-bond donors (Lipinski definition) is 4. The molecule has 0 aliphatic carbocycles. The number of halogens is 2. The largest absolute Gasteiger partial charge is 0.435 e. The minimum Gasteiger partial charge on any atom is -0.435 e. The van der Waals surface area contributed by atoms with E-state index in [0.29, 0.717) is 28.8 Å². The van der Waals surface area contributed by atoms with Crippen molar-refractivity contribution >= 4 is 40.5 Å². The van der Waals surface area contributed by atoms with Crippen LogP contribution in [-0.2, 0) is 0 Å². The number of amides is 2. The molecular formula is C24H21F2N7O2. The molecule has 9 nitrogen and oxygen atoms in total. The first kappa shape index (κ1) is 23.4. The van der Waals surface area contributed by atoms with Gasteiger partial charge in [0.05, 0.1) is 0 Å². The first-order valence-electron chi connectivity index (χ1n) is 10.4. The van der Waals surface area contributed by atoms with Crippen molar-refractivity contribution < 1.29 is 18.3 Å². The van der Waals surface area contributed by atoms with E-state index in [-0.39, 0.29) is 5.75 Å². The lowest BCUT2D eigenvalue weighted by Gasteiger charge is -2.11. The normalized spacial score (nSPS) is 10.5. The fourth-order valence-electron chi connectivity index (χ4n) is 3.06. The lowest BCUT2D eigenvalue weighted by Crippen LogP contribution is -2.19. The quantitative estimate of drug-likeness (QED) is 0.249. The highest BCUT2D eigenvalue weighted by Crippen LogP contribution is 2.22. The van der Waals surface area contributed by atoms with Gasteiger partial charge in [0, 0.05) is 35.4 Å². The summed E-state index contributed by atoms with van der Waals surface area (Å²) < 4.78 is 29.0. The lowest BCUT2D eigenvalue weighted by atomic mass is 10.2. The van der Waals surface area contributed by atoms with Crippen LogP contribution in [0, 0.1) is 6.92 Å². The number of urea groups is 1. The molecule has 0 unspecified atom stereocenters. The van der Waals surface area contributed by atoms with Gasteiger partial charge in [-0.05, 0) is 61.0 Å². The third-order valence-corrected chi connectivity index (χ3v) is 4.57. The van der Waals surface area contributed by atoms with Crippen LogP contribution < -0.4 is 26.0 Å². The van der Waals surface area contributed by atoms with Gasteiger partial charge in [-0.2, -0.15) is 8.78 Å². The zero-order valence-corrected chi connectivity index (χ0v) is 18.5. The Balaban J connectivity index is 1.33. The summed E-state index contributed by atoms with van der Waals surface area (Å²) in [5, 5.41) is 11.5. The van der Waals surface area contributed by atoms with Crippen molar-refractivity contribution in [1.82, 2.24) is 15.0 Å². The van der Waals surface area contributed by atoms with Gasteiger partial charge in [-0.15, -0.1) is 0 Å². The molecule has 2 heterocycles. The second-order valence-electron chi connectivity index (χ2n) is 7.32. The second-order valence-corrected chi connectivity index (χ2v) is 7.32. The highest BCUT2D eigenvalue weighted by molar-refractivity contribution is 5.99. The number of ether oxygens (including phenoxy) is 1. The number of carbonyl (C=O) groups is 1. The van der Waals surface area contributed by atoms with Crippen LogP contribution in [0.3, 0.4) is 0 Å². The molecule has 4 N–H and O–H groups in total. The Hall–Kier alpha value is -4.80. The predicted molar refractivity (Wildman–Crippen MR) is 130 cm³/mol. The molecule has 0 bridgehead atoms. The molecule has 2 aromatic heterocycles. The molecule has 0 saturated carbocycles. The number of aryl methyl sites for hydroxylation is 1. The number of nitrogens with one attached hydrogen (secondary N) is 4. The number of hydrogen-bond acceptors (Lipinski definition) is 7. The molecule has 0 atom stereocenters. The maximum Gasteiger partial charge on any atom is 0.387 e. The molecule has 178 valence electrons. The van der Waals surface area contributed by atoms with E-state index in [2.05, 4.69) is 41.0 Å². The summed E-state index contributed by atoms with van der Waals surface area (Å²) in [5.41, 5.74) is 2.66. The van der Waals surface area contributed by atoms with E-state index < -0.39 is 12.6 Å². The Morgan fingerprint density at radius 2 is 1.49 bits per heavy atom. The Bertz CT molecular complexity index is 1300. The van der Waals surface area contributed by atoms with Crippen LogP contribution in [-0.4, -0.2) is 27.6 Å². The van der Waals surface area contributed by atoms with Gasteiger partial charge in [0.1, 0.15) is 29.5 Å². The van der Waals surface area contributed by atoms with Crippen molar-refractivity contribution in [1.29, 1.82) is 0 Å². The molecular weight excluding hydrogens is 456 g/mol. The predicted octanol–water partition coefficient (Wildman–Crippen LogP) is 5.91. The van der Waals surface area contributed by atoms with Crippen LogP contribution in [0.25, 0.3) is 0 Å². The maximum absolute atomic E-state index is 12.4. The molecule has 4 rings (SSSR count). The maximum atomic E-state index is 12.4. The molecule has 0 aliphatic rings. The topological polar surface area (TPSA) is 113 Å². The summed E-state index contributed by atoms with van der Waals surface area (Å²) in [5.74, 6) is 1.78. The number of alkyl halides is 2. The first-order chi connectivity index (χ1) is 16.9. The fraction of sp³-hybridized carbons (Fsp3) is 0.0833. The molecule has 2 amide bonds. The van der Waals surface area contributed by atoms with E-state index in [1.54, 1.807) is 42.6 Å². The Morgan fingerprint density at radius 3 is 2.23 bits per heavy atom. The lowest BCUT2D eigenvalue weighted by molar-refractivity contribution is -0.0498. The van der Waals surface area contributed by atoms with Crippen molar-refractivity contribution in [3.8, 4) is 5.75 Å². The number of rotatable bonds is 8. The highest BCUT2D eigenvalue weighted by atomic mass is 19.3. The fourth-order valence-corrected chi connectivity index (χ4v) is 3.06. The summed E-state index contributed by atoms with van der Waals surface area (Å²) in [6.45, 7) is -0.966. The Kier molecular flexibility index (Phi) is 7.26. The minimum atomic E-state index is -2.94. The van der Waals surface area contributed by atoms with E-state index in [1.807, 2.05) is 19.1 Å².